The van der Waals surface area contributed by atoms with Gasteiger partial charge >= 0.3 is 0 Å². The molecule has 2 aromatic rings. The van der Waals surface area contributed by atoms with Crippen molar-refractivity contribution >= 4 is 17.5 Å². The maximum atomic E-state index is 13.1. The monoisotopic (exact) mass is 343 g/mol. The van der Waals surface area contributed by atoms with E-state index >= 15 is 0 Å². The molecule has 1 amide bonds. The van der Waals surface area contributed by atoms with Gasteiger partial charge in [-0.15, -0.1) is 0 Å². The van der Waals surface area contributed by atoms with Gasteiger partial charge in [-0.3, -0.25) is 4.79 Å². The van der Waals surface area contributed by atoms with E-state index in [2.05, 4.69) is 44.9 Å². The number of piperazine rings is 1. The average molecular weight is 343 g/mol. The van der Waals surface area contributed by atoms with E-state index in [1.807, 2.05) is 4.90 Å². The van der Waals surface area contributed by atoms with E-state index in [-0.39, 0.29) is 11.9 Å². The minimum Gasteiger partial charge on any atom is -0.344 e. The molecule has 8 heteroatoms. The second-order valence-electron chi connectivity index (χ2n) is 6.91. The first-order valence-electron chi connectivity index (χ1n) is 9.11. The third-order valence-corrected chi connectivity index (χ3v) is 5.30. The number of hydrogen-bond donors (Lipinski definition) is 0. The summed E-state index contributed by atoms with van der Waals surface area (Å²) in [4.78, 5) is 28.4. The van der Waals surface area contributed by atoms with Crippen LogP contribution in [0.1, 0.15) is 25.5 Å². The van der Waals surface area contributed by atoms with Crippen molar-refractivity contribution in [1.82, 2.24) is 29.4 Å². The lowest BCUT2D eigenvalue weighted by molar-refractivity contribution is -0.134. The van der Waals surface area contributed by atoms with Crippen molar-refractivity contribution in [3.05, 3.63) is 18.1 Å². The summed E-state index contributed by atoms with van der Waals surface area (Å²) >= 11 is 0. The summed E-state index contributed by atoms with van der Waals surface area (Å²) in [6.45, 7) is 6.47. The number of carbonyl (C=O) groups is 1. The highest BCUT2D eigenvalue weighted by Crippen LogP contribution is 2.27. The van der Waals surface area contributed by atoms with Gasteiger partial charge in [0.25, 0.3) is 5.78 Å². The average Bonchev–Trinajstić information content (AvgIpc) is 3.30. The first kappa shape index (κ1) is 16.3. The molecular formula is C17H25N7O. The molecule has 134 valence electrons. The number of fused-ring (bicyclic) bond motifs is 1. The van der Waals surface area contributed by atoms with Crippen molar-refractivity contribution in [3.8, 4) is 0 Å². The van der Waals surface area contributed by atoms with E-state index in [1.165, 1.54) is 6.33 Å². The van der Waals surface area contributed by atoms with E-state index in [4.69, 9.17) is 0 Å². The summed E-state index contributed by atoms with van der Waals surface area (Å²) in [5, 5.41) is 4.32. The topological polar surface area (TPSA) is 69.9 Å². The molecule has 1 atom stereocenters. The highest BCUT2D eigenvalue weighted by Gasteiger charge is 2.36. The molecule has 2 aromatic heterocycles. The number of rotatable bonds is 3. The van der Waals surface area contributed by atoms with Gasteiger partial charge in [0.2, 0.25) is 5.91 Å². The zero-order valence-electron chi connectivity index (χ0n) is 14.9. The highest BCUT2D eigenvalue weighted by molar-refractivity contribution is 5.86. The van der Waals surface area contributed by atoms with Crippen LogP contribution in [0.25, 0.3) is 5.78 Å². The van der Waals surface area contributed by atoms with Crippen molar-refractivity contribution in [2.45, 2.75) is 32.2 Å². The molecule has 25 heavy (non-hydrogen) atoms. The molecule has 2 aliphatic heterocycles. The molecule has 0 spiro atoms. The van der Waals surface area contributed by atoms with Gasteiger partial charge in [0.15, 0.2) is 0 Å². The first-order chi connectivity index (χ1) is 12.2. The van der Waals surface area contributed by atoms with E-state index < -0.39 is 0 Å². The van der Waals surface area contributed by atoms with E-state index in [0.29, 0.717) is 5.78 Å². The second-order valence-corrected chi connectivity index (χ2v) is 6.91. The third kappa shape index (κ3) is 2.95. The van der Waals surface area contributed by atoms with Crippen LogP contribution in [-0.2, 0) is 11.2 Å². The van der Waals surface area contributed by atoms with Crippen LogP contribution in [0.2, 0.25) is 0 Å². The van der Waals surface area contributed by atoms with Crippen LogP contribution >= 0.6 is 0 Å². The van der Waals surface area contributed by atoms with E-state index in [9.17, 15) is 4.79 Å². The number of amides is 1. The van der Waals surface area contributed by atoms with Gasteiger partial charge in [-0.2, -0.15) is 14.6 Å². The Balaban J connectivity index is 1.63. The van der Waals surface area contributed by atoms with Gasteiger partial charge in [0, 0.05) is 44.5 Å². The predicted molar refractivity (Wildman–Crippen MR) is 94.6 cm³/mol. The Bertz CT molecular complexity index is 765. The van der Waals surface area contributed by atoms with Gasteiger partial charge in [0.1, 0.15) is 18.2 Å². The number of anilines is 1. The largest absolute Gasteiger partial charge is 0.344 e. The Morgan fingerprint density at radius 2 is 2.04 bits per heavy atom. The third-order valence-electron chi connectivity index (χ3n) is 5.30. The molecule has 0 bridgehead atoms. The van der Waals surface area contributed by atoms with Gasteiger partial charge in [-0.25, -0.2) is 4.98 Å². The quantitative estimate of drug-likeness (QED) is 0.805. The summed E-state index contributed by atoms with van der Waals surface area (Å²) < 4.78 is 1.76. The molecule has 0 radical (unpaired) electrons. The smallest absolute Gasteiger partial charge is 0.254 e. The van der Waals surface area contributed by atoms with Crippen LogP contribution in [0.15, 0.2) is 12.4 Å². The van der Waals surface area contributed by atoms with Crippen LogP contribution < -0.4 is 4.90 Å². The molecule has 2 aliphatic rings. The van der Waals surface area contributed by atoms with Crippen LogP contribution in [0.4, 0.5) is 5.82 Å². The maximum Gasteiger partial charge on any atom is 0.254 e. The fourth-order valence-corrected chi connectivity index (χ4v) is 3.77. The molecule has 2 fully saturated rings. The van der Waals surface area contributed by atoms with Crippen LogP contribution in [-0.4, -0.2) is 81.1 Å². The maximum absolute atomic E-state index is 13.1. The Kier molecular flexibility index (Phi) is 4.29. The summed E-state index contributed by atoms with van der Waals surface area (Å²) in [5.41, 5.74) is 0.980. The minimum absolute atomic E-state index is 0.108. The second kappa shape index (κ2) is 6.59. The van der Waals surface area contributed by atoms with Crippen LogP contribution in [0.5, 0.6) is 0 Å². The molecule has 8 nitrogen and oxygen atoms in total. The molecule has 0 saturated carbocycles. The van der Waals surface area contributed by atoms with E-state index in [0.717, 1.165) is 63.5 Å². The minimum atomic E-state index is -0.108. The van der Waals surface area contributed by atoms with E-state index in [1.54, 1.807) is 4.52 Å². The van der Waals surface area contributed by atoms with Crippen molar-refractivity contribution in [1.29, 1.82) is 0 Å². The number of carbonyl (C=O) groups excluding carboxylic acids is 1. The highest BCUT2D eigenvalue weighted by atomic mass is 16.2. The molecule has 4 rings (SSSR count). The SMILES string of the molecule is CCc1cc(N2CCCC2C(=O)N2CCN(C)CC2)n2ncnc2n1. The Morgan fingerprint density at radius 1 is 1.24 bits per heavy atom. The summed E-state index contributed by atoms with van der Waals surface area (Å²) in [6, 6.07) is 1.94. The molecule has 0 aromatic carbocycles. The Hall–Kier alpha value is -2.22. The molecule has 2 saturated heterocycles. The number of hydrogen-bond acceptors (Lipinski definition) is 6. The molecule has 1 unspecified atom stereocenters. The lowest BCUT2D eigenvalue weighted by Crippen LogP contribution is -2.53. The zero-order valence-corrected chi connectivity index (χ0v) is 14.9. The van der Waals surface area contributed by atoms with Crippen molar-refractivity contribution in [2.75, 3.05) is 44.7 Å². The van der Waals surface area contributed by atoms with Gasteiger partial charge in [0.05, 0.1) is 0 Å². The number of aromatic nitrogens is 4. The first-order valence-corrected chi connectivity index (χ1v) is 9.11. The fourth-order valence-electron chi connectivity index (χ4n) is 3.77. The number of aryl methyl sites for hydroxylation is 1. The zero-order chi connectivity index (χ0) is 17.4. The lowest BCUT2D eigenvalue weighted by atomic mass is 10.1. The van der Waals surface area contributed by atoms with Crippen LogP contribution in [0.3, 0.4) is 0 Å². The fraction of sp³-hybridized carbons (Fsp3) is 0.647. The van der Waals surface area contributed by atoms with Gasteiger partial charge in [-0.1, -0.05) is 6.92 Å². The molecule has 4 heterocycles. The normalized spacial score (nSPS) is 22.1. The standard InChI is InChI=1S/C17H25N7O/c1-3-13-11-15(24-17(20-13)18-12-19-24)23-6-4-5-14(23)16(25)22-9-7-21(2)8-10-22/h11-12,14H,3-10H2,1-2H3. The summed E-state index contributed by atoms with van der Waals surface area (Å²) in [7, 11) is 2.11. The predicted octanol–water partition coefficient (Wildman–Crippen LogP) is 0.430. The van der Waals surface area contributed by atoms with Crippen molar-refractivity contribution in [2.24, 2.45) is 0 Å². The Morgan fingerprint density at radius 3 is 2.80 bits per heavy atom. The molecule has 0 N–H and O–H groups in total. The number of nitrogens with zero attached hydrogens (tertiary/aromatic N) is 7. The lowest BCUT2D eigenvalue weighted by Gasteiger charge is -2.36. The van der Waals surface area contributed by atoms with Gasteiger partial charge < -0.3 is 14.7 Å². The Labute approximate surface area is 147 Å². The molecular weight excluding hydrogens is 318 g/mol. The van der Waals surface area contributed by atoms with Crippen LogP contribution in [0, 0.1) is 0 Å². The number of likely N-dealkylation sites (N-methyl/N-ethyl adjacent to an activating group) is 1. The summed E-state index contributed by atoms with van der Waals surface area (Å²) in [5.74, 6) is 1.78. The summed E-state index contributed by atoms with van der Waals surface area (Å²) in [6.07, 6.45) is 4.27. The van der Waals surface area contributed by atoms with Gasteiger partial charge in [-0.05, 0) is 26.3 Å². The molecule has 0 aliphatic carbocycles. The van der Waals surface area contributed by atoms with Crippen molar-refractivity contribution in [3.63, 3.8) is 0 Å². The van der Waals surface area contributed by atoms with Crippen molar-refractivity contribution < 1.29 is 4.79 Å².